The number of para-hydroxylation sites is 1. The van der Waals surface area contributed by atoms with Gasteiger partial charge in [-0.15, -0.1) is 10.2 Å². The zero-order valence-electron chi connectivity index (χ0n) is 14.8. The molecule has 0 aliphatic carbocycles. The highest BCUT2D eigenvalue weighted by Gasteiger charge is 2.19. The summed E-state index contributed by atoms with van der Waals surface area (Å²) in [5.74, 6) is 0.499. The minimum absolute atomic E-state index is 0.220. The van der Waals surface area contributed by atoms with Crippen molar-refractivity contribution in [3.63, 3.8) is 0 Å². The molecule has 1 heterocycles. The van der Waals surface area contributed by atoms with E-state index in [2.05, 4.69) is 21.6 Å². The van der Waals surface area contributed by atoms with E-state index in [1.807, 2.05) is 24.3 Å². The molecule has 0 aliphatic rings. The number of rotatable bonds is 6. The number of hydrogen-bond acceptors (Lipinski definition) is 6. The maximum Gasteiger partial charge on any atom is 0.237 e. The number of carbonyl (C=O) groups is 1. The first-order valence-corrected chi connectivity index (χ1v) is 9.01. The van der Waals surface area contributed by atoms with Gasteiger partial charge in [0.05, 0.1) is 29.3 Å². The minimum Gasteiger partial charge on any atom is -0.497 e. The van der Waals surface area contributed by atoms with Crippen molar-refractivity contribution in [2.75, 3.05) is 12.4 Å². The van der Waals surface area contributed by atoms with Crippen LogP contribution in [-0.2, 0) is 4.79 Å². The van der Waals surface area contributed by atoms with E-state index in [0.717, 1.165) is 11.4 Å². The van der Waals surface area contributed by atoms with E-state index >= 15 is 0 Å². The van der Waals surface area contributed by atoms with Gasteiger partial charge in [0.15, 0.2) is 5.16 Å². The number of carbonyl (C=O) groups excluding carboxylic acids is 1. The number of nitrogens with zero attached hydrogens (tertiary/aromatic N) is 4. The van der Waals surface area contributed by atoms with Gasteiger partial charge in [-0.05, 0) is 31.2 Å². The zero-order chi connectivity index (χ0) is 19.2. The molecule has 27 heavy (non-hydrogen) atoms. The van der Waals surface area contributed by atoms with Crippen molar-refractivity contribution in [1.29, 1.82) is 5.26 Å². The second kappa shape index (κ2) is 8.38. The molecule has 0 unspecified atom stereocenters. The molecule has 1 N–H and O–H groups in total. The molecule has 2 aromatic carbocycles. The van der Waals surface area contributed by atoms with E-state index in [-0.39, 0.29) is 5.91 Å². The standard InChI is InChI=1S/C19H17N5O2S/c1-13(18(25)22-17-9-4-3-6-14(17)11-20)27-19-23-21-12-24(19)15-7-5-8-16(10-15)26-2/h3-10,12-13H,1-2H3,(H,22,25)/t13-/m0/s1. The third kappa shape index (κ3) is 4.27. The molecule has 0 bridgehead atoms. The van der Waals surface area contributed by atoms with Crippen molar-refractivity contribution < 1.29 is 9.53 Å². The van der Waals surface area contributed by atoms with E-state index in [1.54, 1.807) is 49.2 Å². The number of anilines is 1. The van der Waals surface area contributed by atoms with Crippen LogP contribution in [0.3, 0.4) is 0 Å². The van der Waals surface area contributed by atoms with Gasteiger partial charge in [0.1, 0.15) is 18.1 Å². The summed E-state index contributed by atoms with van der Waals surface area (Å²) >= 11 is 1.28. The first kappa shape index (κ1) is 18.5. The van der Waals surface area contributed by atoms with Crippen molar-refractivity contribution in [3.8, 4) is 17.5 Å². The fourth-order valence-corrected chi connectivity index (χ4v) is 3.22. The van der Waals surface area contributed by atoms with Crippen LogP contribution >= 0.6 is 11.8 Å². The smallest absolute Gasteiger partial charge is 0.237 e. The van der Waals surface area contributed by atoms with Gasteiger partial charge in [0.2, 0.25) is 5.91 Å². The first-order valence-electron chi connectivity index (χ1n) is 8.13. The third-order valence-electron chi connectivity index (χ3n) is 3.80. The second-order valence-electron chi connectivity index (χ2n) is 5.59. The number of methoxy groups -OCH3 is 1. The number of amides is 1. The predicted molar refractivity (Wildman–Crippen MR) is 103 cm³/mol. The summed E-state index contributed by atoms with van der Waals surface area (Å²) in [6, 6.07) is 16.4. The van der Waals surface area contributed by atoms with Crippen LogP contribution in [0.2, 0.25) is 0 Å². The highest BCUT2D eigenvalue weighted by Crippen LogP contribution is 2.26. The van der Waals surface area contributed by atoms with E-state index in [4.69, 9.17) is 10.00 Å². The number of thioether (sulfide) groups is 1. The van der Waals surface area contributed by atoms with Gasteiger partial charge >= 0.3 is 0 Å². The lowest BCUT2D eigenvalue weighted by Gasteiger charge is -2.13. The molecular formula is C19H17N5O2S. The van der Waals surface area contributed by atoms with Gasteiger partial charge in [0.25, 0.3) is 0 Å². The van der Waals surface area contributed by atoms with Gasteiger partial charge in [-0.25, -0.2) is 0 Å². The number of aromatic nitrogens is 3. The molecule has 0 saturated heterocycles. The van der Waals surface area contributed by atoms with Crippen molar-refractivity contribution in [1.82, 2.24) is 14.8 Å². The molecule has 136 valence electrons. The third-order valence-corrected chi connectivity index (χ3v) is 4.86. The Morgan fingerprint density at radius 1 is 1.30 bits per heavy atom. The Kier molecular flexibility index (Phi) is 5.74. The van der Waals surface area contributed by atoms with Crippen molar-refractivity contribution in [3.05, 3.63) is 60.4 Å². The second-order valence-corrected chi connectivity index (χ2v) is 6.90. The molecule has 3 rings (SSSR count). The highest BCUT2D eigenvalue weighted by atomic mass is 32.2. The van der Waals surface area contributed by atoms with Crippen molar-refractivity contribution in [2.45, 2.75) is 17.3 Å². The van der Waals surface area contributed by atoms with Crippen LogP contribution in [0.4, 0.5) is 5.69 Å². The molecule has 1 atom stereocenters. The summed E-state index contributed by atoms with van der Waals surface area (Å²) in [7, 11) is 1.60. The van der Waals surface area contributed by atoms with Crippen molar-refractivity contribution in [2.24, 2.45) is 0 Å². The van der Waals surface area contributed by atoms with Crippen LogP contribution in [-0.4, -0.2) is 33.0 Å². The summed E-state index contributed by atoms with van der Waals surface area (Å²) in [4.78, 5) is 12.5. The Morgan fingerprint density at radius 3 is 2.89 bits per heavy atom. The van der Waals surface area contributed by atoms with Gasteiger partial charge in [-0.1, -0.05) is 30.0 Å². The van der Waals surface area contributed by atoms with Gasteiger partial charge in [0, 0.05) is 6.07 Å². The largest absolute Gasteiger partial charge is 0.497 e. The average molecular weight is 379 g/mol. The molecule has 0 fully saturated rings. The highest BCUT2D eigenvalue weighted by molar-refractivity contribution is 8.00. The summed E-state index contributed by atoms with van der Waals surface area (Å²) in [6.07, 6.45) is 1.59. The molecular weight excluding hydrogens is 362 g/mol. The topological polar surface area (TPSA) is 92.8 Å². The molecule has 0 radical (unpaired) electrons. The quantitative estimate of drug-likeness (QED) is 0.661. The molecule has 0 spiro atoms. The Balaban J connectivity index is 1.75. The van der Waals surface area contributed by atoms with Crippen LogP contribution in [0.15, 0.2) is 60.0 Å². The first-order chi connectivity index (χ1) is 13.1. The molecule has 7 nitrogen and oxygen atoms in total. The minimum atomic E-state index is -0.440. The van der Waals surface area contributed by atoms with Gasteiger partial charge in [-0.3, -0.25) is 9.36 Å². The van der Waals surface area contributed by atoms with E-state index < -0.39 is 5.25 Å². The summed E-state index contributed by atoms with van der Waals surface area (Å²) in [6.45, 7) is 1.78. The Hall–Kier alpha value is -3.31. The van der Waals surface area contributed by atoms with Crippen LogP contribution in [0.5, 0.6) is 5.75 Å². The van der Waals surface area contributed by atoms with E-state index in [1.165, 1.54) is 11.8 Å². The zero-order valence-corrected chi connectivity index (χ0v) is 15.6. The monoisotopic (exact) mass is 379 g/mol. The van der Waals surface area contributed by atoms with Crippen LogP contribution < -0.4 is 10.1 Å². The van der Waals surface area contributed by atoms with Crippen LogP contribution in [0, 0.1) is 11.3 Å². The maximum atomic E-state index is 12.5. The number of nitrogens with one attached hydrogen (secondary N) is 1. The number of hydrogen-bond donors (Lipinski definition) is 1. The number of benzene rings is 2. The van der Waals surface area contributed by atoms with Crippen LogP contribution in [0.25, 0.3) is 5.69 Å². The lowest BCUT2D eigenvalue weighted by atomic mass is 10.2. The lowest BCUT2D eigenvalue weighted by Crippen LogP contribution is -2.23. The fraction of sp³-hybridized carbons (Fsp3) is 0.158. The Labute approximate surface area is 161 Å². The number of ether oxygens (including phenoxy) is 1. The average Bonchev–Trinajstić information content (AvgIpc) is 3.16. The van der Waals surface area contributed by atoms with Gasteiger partial charge in [-0.2, -0.15) is 5.26 Å². The van der Waals surface area contributed by atoms with E-state index in [9.17, 15) is 4.79 Å². The summed E-state index contributed by atoms with van der Waals surface area (Å²) < 4.78 is 7.04. The number of nitriles is 1. The van der Waals surface area contributed by atoms with Gasteiger partial charge < -0.3 is 10.1 Å². The molecule has 0 aliphatic heterocycles. The molecule has 1 aromatic heterocycles. The summed E-state index contributed by atoms with van der Waals surface area (Å²) in [5.41, 5.74) is 1.75. The SMILES string of the molecule is COc1cccc(-n2cnnc2S[C@@H](C)C(=O)Nc2ccccc2C#N)c1. The lowest BCUT2D eigenvalue weighted by molar-refractivity contribution is -0.115. The fourth-order valence-electron chi connectivity index (χ4n) is 2.38. The van der Waals surface area contributed by atoms with Crippen LogP contribution in [0.1, 0.15) is 12.5 Å². The predicted octanol–water partition coefficient (Wildman–Crippen LogP) is 3.27. The van der Waals surface area contributed by atoms with E-state index in [0.29, 0.717) is 16.4 Å². The van der Waals surface area contributed by atoms with Crippen molar-refractivity contribution >= 4 is 23.4 Å². The maximum absolute atomic E-state index is 12.5. The molecule has 8 heteroatoms. The molecule has 1 amide bonds. The molecule has 3 aromatic rings. The Morgan fingerprint density at radius 2 is 2.11 bits per heavy atom. The molecule has 0 saturated carbocycles. The normalized spacial score (nSPS) is 11.4. The Bertz CT molecular complexity index is 996. The summed E-state index contributed by atoms with van der Waals surface area (Å²) in [5, 5.41) is 20.1.